The van der Waals surface area contributed by atoms with E-state index in [1.165, 1.54) is 351 Å². The lowest BCUT2D eigenvalue weighted by molar-refractivity contribution is 0.101. The number of carbonyl (C=O) groups excluding carboxylic acids is 2. The summed E-state index contributed by atoms with van der Waals surface area (Å²) in [6.07, 6.45) is 74.9. The minimum absolute atomic E-state index is 0.217. The number of benzene rings is 5. The number of hydrogen-bond acceptors (Lipinski definition) is 13. The molecule has 0 radical (unpaired) electrons. The van der Waals surface area contributed by atoms with Gasteiger partial charge in [-0.15, -0.1) is 22.7 Å². The molecule has 0 aliphatic rings. The van der Waals surface area contributed by atoms with Crippen molar-refractivity contribution in [2.75, 3.05) is 50.3 Å². The van der Waals surface area contributed by atoms with Crippen molar-refractivity contribution in [1.29, 1.82) is 0 Å². The van der Waals surface area contributed by atoms with Crippen molar-refractivity contribution in [2.45, 2.75) is 454 Å². The number of anilines is 2. The van der Waals surface area contributed by atoms with Gasteiger partial charge in [0.05, 0.1) is 82.8 Å². The number of aromatic nitrogens is 4. The van der Waals surface area contributed by atoms with Gasteiger partial charge in [-0.1, -0.05) is 413 Å². The Bertz CT molecular complexity index is 4450. The SMILES string of the molecule is CCCCCCCCCCCCOc1cc(C(=O)Nc2ccc(-c3cc4c(s3)c3c5nsnc5c5c6sc(-c7ccc(NC(=O)c8cc(OCCCCCCCCCCCC)c(OCCCCCCCCCCCC)c(OCCCCCCCCCCCC)c8)cc7)cc6n(CC)c5c3n4CC)cc2)cc(OCCCCCCCCCCCC)c1OCCCCCCCCCCCC. The Morgan fingerprint density at radius 1 is 0.278 bits per heavy atom. The maximum atomic E-state index is 14.8. The summed E-state index contributed by atoms with van der Waals surface area (Å²) in [6.45, 7) is 23.1. The van der Waals surface area contributed by atoms with Gasteiger partial charge in [-0.25, -0.2) is 0 Å². The Hall–Kier alpha value is -7.34. The number of rotatable bonds is 80. The molecule has 2 N–H and O–H groups in total. The van der Waals surface area contributed by atoms with E-state index in [9.17, 15) is 9.59 Å². The molecule has 0 aliphatic heterocycles. The molecule has 0 atom stereocenters. The number of fused-ring (bicyclic) bond motifs is 10. The number of aryl methyl sites for hydroxylation is 2. The summed E-state index contributed by atoms with van der Waals surface area (Å²) in [5.74, 6) is 3.17. The van der Waals surface area contributed by atoms with Crippen LogP contribution in [0.3, 0.4) is 0 Å². The quantitative estimate of drug-likeness (QED) is 0.0353. The van der Waals surface area contributed by atoms with Crippen molar-refractivity contribution in [3.63, 3.8) is 0 Å². The van der Waals surface area contributed by atoms with Gasteiger partial charge in [-0.05, 0) is 124 Å². The van der Waals surface area contributed by atoms with Crippen molar-refractivity contribution < 1.29 is 38.0 Å². The summed E-state index contributed by atoms with van der Waals surface area (Å²) in [5, 5.41) is 8.85. The van der Waals surface area contributed by atoms with Gasteiger partial charge in [-0.3, -0.25) is 9.59 Å². The van der Waals surface area contributed by atoms with E-state index >= 15 is 0 Å². The monoisotopic (exact) mass is 1880 g/mol. The number of hydrogen-bond donors (Lipinski definition) is 2. The van der Waals surface area contributed by atoms with E-state index in [0.29, 0.717) is 96.6 Å². The Morgan fingerprint density at radius 2 is 0.496 bits per heavy atom. The maximum absolute atomic E-state index is 14.8. The van der Waals surface area contributed by atoms with Crippen molar-refractivity contribution in [3.05, 3.63) is 96.1 Å². The fraction of sp³-hybridized carbons (Fsp3) is 0.655. The molecule has 133 heavy (non-hydrogen) atoms. The molecule has 0 unspecified atom stereocenters. The lowest BCUT2D eigenvalue weighted by atomic mass is 10.1. The number of amides is 2. The molecule has 5 aromatic heterocycles. The topological polar surface area (TPSA) is 149 Å². The van der Waals surface area contributed by atoms with Crippen LogP contribution in [0.1, 0.15) is 461 Å². The third-order valence-electron chi connectivity index (χ3n) is 27.2. The first-order chi connectivity index (χ1) is 65.7. The standard InChI is InChI=1S/C116H176N6O8S3/c1-9-17-23-29-35-41-47-53-59-65-79-125-99-85-93(86-100(126-80-66-60-54-48-42-36-30-24-18-10-2)111(99)129-83-69-63-57-51-45-39-33-27-21-13-5)115(123)117-95-75-71-91(72-76-95)103-89-97-113(131-103)105-107-108(120-133-119-107)106-110(109(105)121(97)15-7)122(16-8)98-90-104(132-114(98)106)92-73-77-96(78-74-92)118-116(124)94-87-101(127-81-67-61-55-49-43-37-31-25-19-11-3)112(130-84-70-64-58-52-46-40-34-28-22-14-6)102(88-94)128-82-68-62-56-50-44-38-32-26-20-12-4/h71-78,85-90H,9-70,79-84H2,1-8H3,(H,117,123)(H,118,124). The molecule has 0 bridgehead atoms. The maximum Gasteiger partial charge on any atom is 0.255 e. The zero-order valence-corrected chi connectivity index (χ0v) is 86.9. The second-order valence-electron chi connectivity index (χ2n) is 38.4. The highest BCUT2D eigenvalue weighted by Crippen LogP contribution is 2.51. The zero-order chi connectivity index (χ0) is 93.3. The first-order valence-corrected chi connectivity index (χ1v) is 57.1. The molecule has 14 nitrogen and oxygen atoms in total. The molecule has 10 rings (SSSR count). The lowest BCUT2D eigenvalue weighted by Gasteiger charge is -2.19. The van der Waals surface area contributed by atoms with E-state index in [4.69, 9.17) is 37.2 Å². The third-order valence-corrected chi connectivity index (χ3v) is 30.1. The van der Waals surface area contributed by atoms with Crippen LogP contribution in [-0.4, -0.2) is 69.3 Å². The van der Waals surface area contributed by atoms with Gasteiger partial charge in [0.1, 0.15) is 11.0 Å². The Labute approximate surface area is 816 Å². The molecule has 0 saturated heterocycles. The summed E-state index contributed by atoms with van der Waals surface area (Å²) >= 11 is 4.88. The molecule has 5 aromatic carbocycles. The van der Waals surface area contributed by atoms with Gasteiger partial charge in [0.2, 0.25) is 11.5 Å². The number of carbonyl (C=O) groups is 2. The second kappa shape index (κ2) is 64.7. The van der Waals surface area contributed by atoms with Crippen LogP contribution in [0.5, 0.6) is 34.5 Å². The lowest BCUT2D eigenvalue weighted by Crippen LogP contribution is -2.14. The van der Waals surface area contributed by atoms with Crippen LogP contribution < -0.4 is 39.1 Å². The number of unbranched alkanes of at least 4 members (excludes halogenated alkanes) is 54. The average molecular weight is 1880 g/mol. The molecule has 0 spiro atoms. The Kier molecular flexibility index (Phi) is 52.4. The molecule has 0 aliphatic carbocycles. The number of thiophene rings is 2. The molecule has 5 heterocycles. The van der Waals surface area contributed by atoms with Gasteiger partial charge < -0.3 is 48.2 Å². The molecule has 0 saturated carbocycles. The van der Waals surface area contributed by atoms with Crippen LogP contribution in [0.4, 0.5) is 11.4 Å². The van der Waals surface area contributed by atoms with Crippen molar-refractivity contribution in [3.8, 4) is 55.4 Å². The van der Waals surface area contributed by atoms with Crippen molar-refractivity contribution >= 4 is 111 Å². The number of nitrogens with one attached hydrogen (secondary N) is 2. The zero-order valence-electron chi connectivity index (χ0n) is 84.4. The van der Waals surface area contributed by atoms with E-state index in [-0.39, 0.29) is 11.8 Å². The van der Waals surface area contributed by atoms with E-state index in [1.807, 2.05) is 48.5 Å². The Morgan fingerprint density at radius 3 is 0.722 bits per heavy atom. The van der Waals surface area contributed by atoms with Crippen LogP contribution in [-0.2, 0) is 13.1 Å². The minimum Gasteiger partial charge on any atom is -0.490 e. The Balaban J connectivity index is 0.850. The molecule has 736 valence electrons. The van der Waals surface area contributed by atoms with Crippen molar-refractivity contribution in [1.82, 2.24) is 17.9 Å². The summed E-state index contributed by atoms with van der Waals surface area (Å²) < 4.78 is 58.1. The average Bonchev–Trinajstić information content (AvgIpc) is 1.52. The van der Waals surface area contributed by atoms with Crippen LogP contribution in [0.15, 0.2) is 84.9 Å². The summed E-state index contributed by atoms with van der Waals surface area (Å²) in [4.78, 5) is 31.8. The molecular formula is C116H176N6O8S3. The van der Waals surface area contributed by atoms with E-state index < -0.39 is 0 Å². The van der Waals surface area contributed by atoms with Gasteiger partial charge in [0.25, 0.3) is 11.8 Å². The van der Waals surface area contributed by atoms with Crippen LogP contribution >= 0.6 is 34.4 Å². The smallest absolute Gasteiger partial charge is 0.255 e. The summed E-state index contributed by atoms with van der Waals surface area (Å²) in [6, 6.07) is 28.9. The molecular weight excluding hydrogens is 1700 g/mol. The first-order valence-electron chi connectivity index (χ1n) is 54.8. The highest BCUT2D eigenvalue weighted by molar-refractivity contribution is 7.24. The van der Waals surface area contributed by atoms with Gasteiger partial charge in [0, 0.05) is 56.1 Å². The molecule has 10 aromatic rings. The molecule has 0 fully saturated rings. The second-order valence-corrected chi connectivity index (χ2v) is 41.0. The van der Waals surface area contributed by atoms with E-state index in [1.54, 1.807) is 22.7 Å². The van der Waals surface area contributed by atoms with Crippen LogP contribution in [0.25, 0.3) is 74.2 Å². The van der Waals surface area contributed by atoms with Crippen LogP contribution in [0, 0.1) is 0 Å². The highest BCUT2D eigenvalue weighted by atomic mass is 32.1. The third kappa shape index (κ3) is 35.9. The fourth-order valence-electron chi connectivity index (χ4n) is 19.2. The summed E-state index contributed by atoms with van der Waals surface area (Å²) in [7, 11) is 0. The predicted octanol–water partition coefficient (Wildman–Crippen LogP) is 37.7. The van der Waals surface area contributed by atoms with E-state index in [0.717, 1.165) is 133 Å². The van der Waals surface area contributed by atoms with E-state index in [2.05, 4.69) is 112 Å². The summed E-state index contributed by atoms with van der Waals surface area (Å²) in [5.41, 5.74) is 11.1. The minimum atomic E-state index is -0.217. The van der Waals surface area contributed by atoms with Gasteiger partial charge in [-0.2, -0.15) is 8.75 Å². The van der Waals surface area contributed by atoms with Gasteiger partial charge >= 0.3 is 0 Å². The first kappa shape index (κ1) is 108. The van der Waals surface area contributed by atoms with Crippen LogP contribution in [0.2, 0.25) is 0 Å². The normalized spacial score (nSPS) is 11.8. The largest absolute Gasteiger partial charge is 0.490 e. The number of ether oxygens (including phenoxy) is 6. The van der Waals surface area contributed by atoms with Crippen molar-refractivity contribution in [2.24, 2.45) is 0 Å². The fourth-order valence-corrected chi connectivity index (χ4v) is 22.2. The predicted molar refractivity (Wildman–Crippen MR) is 574 cm³/mol. The molecule has 2 amide bonds. The highest BCUT2D eigenvalue weighted by Gasteiger charge is 2.29. The molecule has 17 heteroatoms. The van der Waals surface area contributed by atoms with Gasteiger partial charge in [0.15, 0.2) is 23.0 Å². The number of nitrogens with zero attached hydrogens (tertiary/aromatic N) is 4.